The van der Waals surface area contributed by atoms with Crippen LogP contribution >= 0.6 is 0 Å². The molecule has 0 unspecified atom stereocenters. The predicted octanol–water partition coefficient (Wildman–Crippen LogP) is 4.89. The average molecular weight is 364 g/mol. The Balaban J connectivity index is 3.27. The molecule has 1 N–H and O–H groups in total. The SMILES string of the molecule is C/C=C(/C(=O)O)c1c(CCCCCCCC)cc([N+](=O)[O-])cc1[N+](=O)[O-]. The largest absolute Gasteiger partial charge is 0.478 e. The zero-order valence-electron chi connectivity index (χ0n) is 15.1. The van der Waals surface area contributed by atoms with Crippen LogP contribution in [0.15, 0.2) is 18.2 Å². The third-order valence-corrected chi connectivity index (χ3v) is 4.18. The number of carbonyl (C=O) groups is 1. The van der Waals surface area contributed by atoms with Crippen LogP contribution in [0.4, 0.5) is 11.4 Å². The van der Waals surface area contributed by atoms with Crippen molar-refractivity contribution in [2.75, 3.05) is 0 Å². The molecule has 26 heavy (non-hydrogen) atoms. The minimum Gasteiger partial charge on any atom is -0.478 e. The van der Waals surface area contributed by atoms with Gasteiger partial charge in [0.25, 0.3) is 11.4 Å². The number of hydrogen-bond acceptors (Lipinski definition) is 5. The lowest BCUT2D eigenvalue weighted by molar-refractivity contribution is -0.394. The Bertz CT molecular complexity index is 712. The summed E-state index contributed by atoms with van der Waals surface area (Å²) in [6, 6.07) is 2.08. The van der Waals surface area contributed by atoms with Gasteiger partial charge in [-0.3, -0.25) is 20.2 Å². The molecule has 0 heterocycles. The van der Waals surface area contributed by atoms with E-state index in [4.69, 9.17) is 0 Å². The first-order valence-electron chi connectivity index (χ1n) is 8.69. The van der Waals surface area contributed by atoms with Crippen LogP contribution in [-0.4, -0.2) is 20.9 Å². The van der Waals surface area contributed by atoms with Crippen LogP contribution in [0.3, 0.4) is 0 Å². The summed E-state index contributed by atoms with van der Waals surface area (Å²) >= 11 is 0. The summed E-state index contributed by atoms with van der Waals surface area (Å²) in [5, 5.41) is 31.9. The first-order chi connectivity index (χ1) is 12.3. The van der Waals surface area contributed by atoms with E-state index in [-0.39, 0.29) is 11.1 Å². The molecule has 0 saturated carbocycles. The van der Waals surface area contributed by atoms with Crippen LogP contribution in [0.5, 0.6) is 0 Å². The maximum Gasteiger partial charge on any atom is 0.336 e. The van der Waals surface area contributed by atoms with E-state index in [0.29, 0.717) is 18.4 Å². The molecule has 0 aliphatic heterocycles. The molecule has 0 radical (unpaired) electrons. The smallest absolute Gasteiger partial charge is 0.336 e. The minimum absolute atomic E-state index is 0.0378. The molecule has 1 rings (SSSR count). The van der Waals surface area contributed by atoms with Crippen molar-refractivity contribution < 1.29 is 19.7 Å². The lowest BCUT2D eigenvalue weighted by atomic mass is 9.93. The van der Waals surface area contributed by atoms with Crippen LogP contribution in [-0.2, 0) is 11.2 Å². The van der Waals surface area contributed by atoms with Crippen LogP contribution in [0.25, 0.3) is 5.57 Å². The number of hydrogen-bond donors (Lipinski definition) is 1. The lowest BCUT2D eigenvalue weighted by Gasteiger charge is -2.11. The van der Waals surface area contributed by atoms with Gasteiger partial charge in [-0.15, -0.1) is 0 Å². The molecule has 0 saturated heterocycles. The first-order valence-corrected chi connectivity index (χ1v) is 8.69. The monoisotopic (exact) mass is 364 g/mol. The van der Waals surface area contributed by atoms with Gasteiger partial charge in [-0.2, -0.15) is 0 Å². The molecule has 0 aromatic heterocycles. The summed E-state index contributed by atoms with van der Waals surface area (Å²) < 4.78 is 0. The highest BCUT2D eigenvalue weighted by Gasteiger charge is 2.28. The summed E-state index contributed by atoms with van der Waals surface area (Å²) in [6.45, 7) is 3.59. The van der Waals surface area contributed by atoms with E-state index in [1.165, 1.54) is 19.1 Å². The normalized spacial score (nSPS) is 11.4. The van der Waals surface area contributed by atoms with Crippen molar-refractivity contribution in [3.8, 4) is 0 Å². The fraction of sp³-hybridized carbons (Fsp3) is 0.500. The number of nitrogens with zero attached hydrogens (tertiary/aromatic N) is 2. The van der Waals surface area contributed by atoms with E-state index in [2.05, 4.69) is 6.92 Å². The second-order valence-electron chi connectivity index (χ2n) is 6.04. The van der Waals surface area contributed by atoms with E-state index >= 15 is 0 Å². The summed E-state index contributed by atoms with van der Waals surface area (Å²) in [5.74, 6) is -1.30. The molecule has 0 aliphatic carbocycles. The van der Waals surface area contributed by atoms with Crippen LogP contribution in [0.2, 0.25) is 0 Å². The Morgan fingerprint density at radius 1 is 1.08 bits per heavy atom. The maximum atomic E-state index is 11.5. The number of aliphatic carboxylic acids is 1. The highest BCUT2D eigenvalue weighted by molar-refractivity contribution is 6.17. The standard InChI is InChI=1S/C18H24N2O6/c1-3-5-6-7-8-9-10-13-11-14(19(23)24)12-16(20(25)26)17(13)15(4-2)18(21)22/h4,11-12H,3,5-10H2,1-2H3,(H,21,22)/b15-4+. The number of unbranched alkanes of at least 4 members (excludes halogenated alkanes) is 5. The number of allylic oxidation sites excluding steroid dienone is 1. The fourth-order valence-corrected chi connectivity index (χ4v) is 2.90. The Hall–Kier alpha value is -2.77. The quantitative estimate of drug-likeness (QED) is 0.258. The van der Waals surface area contributed by atoms with Crippen molar-refractivity contribution in [2.45, 2.75) is 58.8 Å². The van der Waals surface area contributed by atoms with Crippen molar-refractivity contribution >= 4 is 22.9 Å². The van der Waals surface area contributed by atoms with E-state index in [1.54, 1.807) is 0 Å². The molecule has 0 amide bonds. The molecule has 0 bridgehead atoms. The van der Waals surface area contributed by atoms with E-state index in [9.17, 15) is 30.1 Å². The van der Waals surface area contributed by atoms with Crippen molar-refractivity contribution in [1.82, 2.24) is 0 Å². The lowest BCUT2D eigenvalue weighted by Crippen LogP contribution is -2.08. The van der Waals surface area contributed by atoms with E-state index in [1.807, 2.05) is 0 Å². The van der Waals surface area contributed by atoms with Crippen LogP contribution in [0.1, 0.15) is 63.5 Å². The number of aryl methyl sites for hydroxylation is 1. The third-order valence-electron chi connectivity index (χ3n) is 4.18. The van der Waals surface area contributed by atoms with Gasteiger partial charge < -0.3 is 5.11 Å². The number of carboxylic acid groups (broad SMARTS) is 1. The molecule has 8 nitrogen and oxygen atoms in total. The number of nitro benzene ring substituents is 2. The van der Waals surface area contributed by atoms with Gasteiger partial charge >= 0.3 is 5.97 Å². The fourth-order valence-electron chi connectivity index (χ4n) is 2.90. The molecule has 1 aromatic rings. The molecule has 0 spiro atoms. The molecule has 142 valence electrons. The number of benzene rings is 1. The second-order valence-corrected chi connectivity index (χ2v) is 6.04. The molecular weight excluding hydrogens is 340 g/mol. The highest BCUT2D eigenvalue weighted by atomic mass is 16.6. The van der Waals surface area contributed by atoms with Crippen molar-refractivity contribution in [1.29, 1.82) is 0 Å². The van der Waals surface area contributed by atoms with E-state index < -0.39 is 27.2 Å². The second kappa shape index (κ2) is 10.3. The number of rotatable bonds is 11. The van der Waals surface area contributed by atoms with Gasteiger partial charge in [0.1, 0.15) is 0 Å². The number of nitro groups is 2. The predicted molar refractivity (Wildman–Crippen MR) is 98.1 cm³/mol. The topological polar surface area (TPSA) is 124 Å². The molecule has 1 aromatic carbocycles. The summed E-state index contributed by atoms with van der Waals surface area (Å²) in [4.78, 5) is 32.6. The van der Waals surface area contributed by atoms with Gasteiger partial charge in [0.05, 0.1) is 27.0 Å². The average Bonchev–Trinajstić information content (AvgIpc) is 2.58. The van der Waals surface area contributed by atoms with Gasteiger partial charge in [0.15, 0.2) is 0 Å². The van der Waals surface area contributed by atoms with Crippen molar-refractivity contribution in [2.24, 2.45) is 0 Å². The van der Waals surface area contributed by atoms with Gasteiger partial charge in [-0.1, -0.05) is 45.1 Å². The zero-order valence-corrected chi connectivity index (χ0v) is 15.1. The maximum absolute atomic E-state index is 11.5. The van der Waals surface area contributed by atoms with Crippen molar-refractivity contribution in [3.05, 3.63) is 49.6 Å². The minimum atomic E-state index is -1.30. The van der Waals surface area contributed by atoms with Crippen molar-refractivity contribution in [3.63, 3.8) is 0 Å². The molecule has 8 heteroatoms. The summed E-state index contributed by atoms with van der Waals surface area (Å²) in [5.41, 5.74) is -0.869. The van der Waals surface area contributed by atoms with Crippen LogP contribution in [0, 0.1) is 20.2 Å². The molecule has 0 aliphatic rings. The number of carboxylic acids is 1. The molecule has 0 atom stereocenters. The van der Waals surface area contributed by atoms with Gasteiger partial charge in [-0.25, -0.2) is 4.79 Å². The summed E-state index contributed by atoms with van der Waals surface area (Å²) in [6.07, 6.45) is 7.55. The molecular formula is C18H24N2O6. The van der Waals surface area contributed by atoms with Gasteiger partial charge in [0, 0.05) is 6.07 Å². The van der Waals surface area contributed by atoms with Gasteiger partial charge in [0.2, 0.25) is 0 Å². The Morgan fingerprint density at radius 2 is 1.69 bits per heavy atom. The summed E-state index contributed by atoms with van der Waals surface area (Å²) in [7, 11) is 0. The first kappa shape index (κ1) is 21.3. The van der Waals surface area contributed by atoms with Crippen LogP contribution < -0.4 is 0 Å². The van der Waals surface area contributed by atoms with E-state index in [0.717, 1.165) is 38.2 Å². The highest BCUT2D eigenvalue weighted by Crippen LogP contribution is 2.35. The zero-order chi connectivity index (χ0) is 19.7. The Morgan fingerprint density at radius 3 is 2.19 bits per heavy atom. The Kier molecular flexibility index (Phi) is 8.41. The number of non-ortho nitro benzene ring substituents is 1. The third kappa shape index (κ3) is 5.65. The van der Waals surface area contributed by atoms with Gasteiger partial charge in [-0.05, 0) is 25.3 Å². The Labute approximate surface area is 151 Å². The molecule has 0 fully saturated rings.